The van der Waals surface area contributed by atoms with Gasteiger partial charge in [-0.1, -0.05) is 42.5 Å². The minimum atomic E-state index is -0.0987. The summed E-state index contributed by atoms with van der Waals surface area (Å²) in [6.45, 7) is 3.28. The molecule has 0 saturated heterocycles. The van der Waals surface area contributed by atoms with E-state index in [1.54, 1.807) is 4.68 Å². The van der Waals surface area contributed by atoms with Gasteiger partial charge in [-0.25, -0.2) is 0 Å². The molecule has 0 aliphatic heterocycles. The molecule has 4 rings (SSSR count). The van der Waals surface area contributed by atoms with Gasteiger partial charge in [0.1, 0.15) is 17.0 Å². The number of rotatable bonds is 6. The van der Waals surface area contributed by atoms with Crippen molar-refractivity contribution in [2.24, 2.45) is 0 Å². The number of furan rings is 1. The van der Waals surface area contributed by atoms with Gasteiger partial charge in [-0.05, 0) is 29.3 Å². The van der Waals surface area contributed by atoms with Gasteiger partial charge in [0.05, 0.1) is 19.2 Å². The molecule has 132 valence electrons. The van der Waals surface area contributed by atoms with E-state index < -0.39 is 0 Å². The summed E-state index contributed by atoms with van der Waals surface area (Å²) in [7, 11) is 0. The van der Waals surface area contributed by atoms with Crippen LogP contribution in [0.2, 0.25) is 0 Å². The van der Waals surface area contributed by atoms with Crippen molar-refractivity contribution in [3.05, 3.63) is 60.1 Å². The van der Waals surface area contributed by atoms with E-state index in [1.165, 1.54) is 0 Å². The number of carbonyl (C=O) groups excluding carboxylic acids is 1. The van der Waals surface area contributed by atoms with Gasteiger partial charge < -0.3 is 9.73 Å². The Morgan fingerprint density at radius 3 is 2.96 bits per heavy atom. The molecule has 6 nitrogen and oxygen atoms in total. The van der Waals surface area contributed by atoms with Crippen molar-refractivity contribution in [1.29, 1.82) is 0 Å². The summed E-state index contributed by atoms with van der Waals surface area (Å²) in [5, 5.41) is 14.3. The molecule has 0 unspecified atom stereocenters. The number of fused-ring (bicyclic) bond motifs is 3. The predicted octanol–water partition coefficient (Wildman–Crippen LogP) is 3.45. The lowest BCUT2D eigenvalue weighted by Crippen LogP contribution is -2.24. The molecular formula is C20H20N4O2. The fourth-order valence-corrected chi connectivity index (χ4v) is 3.10. The third-order valence-corrected chi connectivity index (χ3v) is 4.32. The molecule has 0 aliphatic carbocycles. The largest absolute Gasteiger partial charge is 0.461 e. The van der Waals surface area contributed by atoms with E-state index in [2.05, 4.69) is 34.7 Å². The highest BCUT2D eigenvalue weighted by Gasteiger charge is 2.11. The summed E-state index contributed by atoms with van der Waals surface area (Å²) in [5.41, 5.74) is 1.55. The Hall–Kier alpha value is -3.15. The second-order valence-corrected chi connectivity index (χ2v) is 6.34. The van der Waals surface area contributed by atoms with Crippen molar-refractivity contribution in [2.45, 2.75) is 32.9 Å². The molecule has 0 radical (unpaired) electrons. The molecule has 26 heavy (non-hydrogen) atoms. The number of aryl methyl sites for hydroxylation is 1. The molecule has 6 heteroatoms. The minimum Gasteiger partial charge on any atom is -0.461 e. The highest BCUT2D eigenvalue weighted by atomic mass is 16.3. The average Bonchev–Trinajstić information content (AvgIpc) is 3.26. The second kappa shape index (κ2) is 7.00. The maximum absolute atomic E-state index is 12.2. The second-order valence-electron chi connectivity index (χ2n) is 6.34. The Morgan fingerprint density at radius 2 is 2.08 bits per heavy atom. The van der Waals surface area contributed by atoms with Gasteiger partial charge in [-0.2, -0.15) is 0 Å². The number of benzene rings is 2. The van der Waals surface area contributed by atoms with Crippen LogP contribution in [0, 0.1) is 0 Å². The van der Waals surface area contributed by atoms with Crippen molar-refractivity contribution in [1.82, 2.24) is 20.3 Å². The molecule has 1 N–H and O–H groups in total. The van der Waals surface area contributed by atoms with Crippen molar-refractivity contribution in [3.8, 4) is 0 Å². The van der Waals surface area contributed by atoms with Crippen LogP contribution >= 0.6 is 0 Å². The highest BCUT2D eigenvalue weighted by molar-refractivity contribution is 6.06. The lowest BCUT2D eigenvalue weighted by atomic mass is 10.1. The molecular weight excluding hydrogens is 328 g/mol. The van der Waals surface area contributed by atoms with Crippen LogP contribution in [0.1, 0.15) is 24.8 Å². The Bertz CT molecular complexity index is 1060. The topological polar surface area (TPSA) is 73.0 Å². The zero-order valence-electron chi connectivity index (χ0n) is 14.6. The first-order chi connectivity index (χ1) is 12.7. The van der Waals surface area contributed by atoms with Crippen molar-refractivity contribution < 1.29 is 9.21 Å². The van der Waals surface area contributed by atoms with Gasteiger partial charge in [0, 0.05) is 11.9 Å². The third kappa shape index (κ3) is 3.31. The van der Waals surface area contributed by atoms with E-state index >= 15 is 0 Å². The molecule has 0 atom stereocenters. The van der Waals surface area contributed by atoms with E-state index in [1.807, 2.05) is 36.5 Å². The molecule has 4 aromatic rings. The normalized spacial score (nSPS) is 11.3. The lowest BCUT2D eigenvalue weighted by molar-refractivity contribution is -0.120. The molecule has 0 bridgehead atoms. The number of hydrogen-bond acceptors (Lipinski definition) is 4. The van der Waals surface area contributed by atoms with Crippen LogP contribution in [0.5, 0.6) is 0 Å². The van der Waals surface area contributed by atoms with Crippen LogP contribution in [0.4, 0.5) is 0 Å². The van der Waals surface area contributed by atoms with Gasteiger partial charge in [0.15, 0.2) is 0 Å². The number of carbonyl (C=O) groups is 1. The first-order valence-electron chi connectivity index (χ1n) is 8.79. The monoisotopic (exact) mass is 348 g/mol. The van der Waals surface area contributed by atoms with Crippen LogP contribution < -0.4 is 5.32 Å². The SMILES string of the molecule is CCCn1cc(CNC(=O)Cc2cc3c(ccc4ccccc43)o2)nn1. The molecule has 2 heterocycles. The maximum Gasteiger partial charge on any atom is 0.227 e. The minimum absolute atomic E-state index is 0.0987. The van der Waals surface area contributed by atoms with Crippen LogP contribution in [0.15, 0.2) is 53.1 Å². The third-order valence-electron chi connectivity index (χ3n) is 4.32. The first-order valence-corrected chi connectivity index (χ1v) is 8.79. The van der Waals surface area contributed by atoms with Gasteiger partial charge >= 0.3 is 0 Å². The Morgan fingerprint density at radius 1 is 1.19 bits per heavy atom. The molecule has 0 spiro atoms. The van der Waals surface area contributed by atoms with E-state index in [-0.39, 0.29) is 12.3 Å². The number of nitrogens with zero attached hydrogens (tertiary/aromatic N) is 3. The Balaban J connectivity index is 1.44. The summed E-state index contributed by atoms with van der Waals surface area (Å²) < 4.78 is 7.63. The highest BCUT2D eigenvalue weighted by Crippen LogP contribution is 2.28. The van der Waals surface area contributed by atoms with Gasteiger partial charge in [0.2, 0.25) is 5.91 Å². The summed E-state index contributed by atoms with van der Waals surface area (Å²) in [5.74, 6) is 0.557. The lowest BCUT2D eigenvalue weighted by Gasteiger charge is -2.00. The van der Waals surface area contributed by atoms with Gasteiger partial charge in [-0.3, -0.25) is 9.48 Å². The molecule has 0 aliphatic rings. The van der Waals surface area contributed by atoms with Crippen molar-refractivity contribution in [2.75, 3.05) is 0 Å². The summed E-state index contributed by atoms with van der Waals surface area (Å²) in [4.78, 5) is 12.2. The van der Waals surface area contributed by atoms with Gasteiger partial charge in [-0.15, -0.1) is 5.10 Å². The molecule has 2 aromatic heterocycles. The molecule has 0 fully saturated rings. The Kier molecular flexibility index (Phi) is 4.39. The van der Waals surface area contributed by atoms with Crippen LogP contribution in [0.3, 0.4) is 0 Å². The maximum atomic E-state index is 12.2. The quantitative estimate of drug-likeness (QED) is 0.579. The summed E-state index contributed by atoms with van der Waals surface area (Å²) in [6.07, 6.45) is 3.05. The standard InChI is InChI=1S/C20H20N4O2/c1-2-9-24-13-15(22-23-24)12-21-20(25)11-16-10-18-17-6-4-3-5-14(17)7-8-19(18)26-16/h3-8,10,13H,2,9,11-12H2,1H3,(H,21,25). The van der Waals surface area contributed by atoms with E-state index in [9.17, 15) is 4.79 Å². The van der Waals surface area contributed by atoms with Crippen LogP contribution in [-0.4, -0.2) is 20.9 Å². The summed E-state index contributed by atoms with van der Waals surface area (Å²) >= 11 is 0. The van der Waals surface area contributed by atoms with E-state index in [4.69, 9.17) is 4.42 Å². The van der Waals surface area contributed by atoms with E-state index in [0.29, 0.717) is 12.3 Å². The fraction of sp³-hybridized carbons (Fsp3) is 0.250. The molecule has 1 amide bonds. The first kappa shape index (κ1) is 16.3. The smallest absolute Gasteiger partial charge is 0.227 e. The number of amides is 1. The number of hydrogen-bond donors (Lipinski definition) is 1. The molecule has 2 aromatic carbocycles. The zero-order chi connectivity index (χ0) is 17.9. The molecule has 0 saturated carbocycles. The number of nitrogens with one attached hydrogen (secondary N) is 1. The zero-order valence-corrected chi connectivity index (χ0v) is 14.6. The van der Waals surface area contributed by atoms with Gasteiger partial charge in [0.25, 0.3) is 0 Å². The predicted molar refractivity (Wildman–Crippen MR) is 99.6 cm³/mol. The Labute approximate surface area is 150 Å². The van der Waals surface area contributed by atoms with Crippen LogP contribution in [0.25, 0.3) is 21.7 Å². The average molecular weight is 348 g/mol. The van der Waals surface area contributed by atoms with Crippen LogP contribution in [-0.2, 0) is 24.3 Å². The van der Waals surface area contributed by atoms with E-state index in [0.717, 1.165) is 40.4 Å². The van der Waals surface area contributed by atoms with Crippen molar-refractivity contribution in [3.63, 3.8) is 0 Å². The van der Waals surface area contributed by atoms with Crippen molar-refractivity contribution >= 4 is 27.6 Å². The fourth-order valence-electron chi connectivity index (χ4n) is 3.10. The summed E-state index contributed by atoms with van der Waals surface area (Å²) in [6, 6.07) is 14.1. The number of aromatic nitrogens is 3.